The highest BCUT2D eigenvalue weighted by Crippen LogP contribution is 2.36. The molecule has 1 aliphatic rings. The molecule has 0 heterocycles. The molecule has 1 aliphatic carbocycles. The largest absolute Gasteiger partial charge is 0.408 e. The summed E-state index contributed by atoms with van der Waals surface area (Å²) in [5.41, 5.74) is 6.77. The Morgan fingerprint density at radius 3 is 2.25 bits per heavy atom. The van der Waals surface area contributed by atoms with Crippen LogP contribution in [0.1, 0.15) is 44.2 Å². The minimum absolute atomic E-state index is 0. The first-order valence-electron chi connectivity index (χ1n) is 7.98. The molecule has 24 heavy (non-hydrogen) atoms. The van der Waals surface area contributed by atoms with E-state index in [1.807, 2.05) is 6.07 Å². The summed E-state index contributed by atoms with van der Waals surface area (Å²) >= 11 is 0. The Labute approximate surface area is 146 Å². The van der Waals surface area contributed by atoms with Crippen molar-refractivity contribution < 1.29 is 18.0 Å². The summed E-state index contributed by atoms with van der Waals surface area (Å²) in [6.45, 7) is 1.56. The first-order valence-corrected chi connectivity index (χ1v) is 7.98. The zero-order chi connectivity index (χ0) is 17.0. The van der Waals surface area contributed by atoms with Gasteiger partial charge in [-0.15, -0.1) is 12.4 Å². The van der Waals surface area contributed by atoms with Gasteiger partial charge in [0.2, 0.25) is 5.91 Å². The number of halogens is 4. The van der Waals surface area contributed by atoms with Gasteiger partial charge in [-0.3, -0.25) is 4.79 Å². The Bertz CT molecular complexity index is 518. The Morgan fingerprint density at radius 2 is 1.75 bits per heavy atom. The molecule has 0 radical (unpaired) electrons. The van der Waals surface area contributed by atoms with E-state index in [1.165, 1.54) is 0 Å². The van der Waals surface area contributed by atoms with E-state index in [-0.39, 0.29) is 12.4 Å². The fourth-order valence-electron chi connectivity index (χ4n) is 3.17. The molecule has 0 saturated heterocycles. The topological polar surface area (TPSA) is 55.1 Å². The van der Waals surface area contributed by atoms with Crippen LogP contribution in [0.4, 0.5) is 13.2 Å². The molecule has 1 fully saturated rings. The van der Waals surface area contributed by atoms with Gasteiger partial charge in [0.15, 0.2) is 0 Å². The van der Waals surface area contributed by atoms with Gasteiger partial charge in [-0.25, -0.2) is 0 Å². The summed E-state index contributed by atoms with van der Waals surface area (Å²) in [4.78, 5) is 12.3. The molecular weight excluding hydrogens is 341 g/mol. The van der Waals surface area contributed by atoms with Gasteiger partial charge in [-0.05, 0) is 24.3 Å². The Kier molecular flexibility index (Phi) is 7.55. The quantitative estimate of drug-likeness (QED) is 0.830. The Morgan fingerprint density at radius 1 is 1.21 bits per heavy atom. The van der Waals surface area contributed by atoms with Crippen molar-refractivity contribution >= 4 is 18.3 Å². The highest BCUT2D eigenvalue weighted by atomic mass is 35.5. The molecule has 3 N–H and O–H groups in total. The van der Waals surface area contributed by atoms with Crippen LogP contribution in [0.3, 0.4) is 0 Å². The summed E-state index contributed by atoms with van der Waals surface area (Å²) in [7, 11) is 0. The lowest BCUT2D eigenvalue weighted by Crippen LogP contribution is -2.52. The van der Waals surface area contributed by atoms with Crippen LogP contribution in [0, 0.1) is 11.8 Å². The van der Waals surface area contributed by atoms with Crippen LogP contribution >= 0.6 is 12.4 Å². The molecule has 1 aromatic carbocycles. The molecular formula is C17H24ClF3N2O. The maximum atomic E-state index is 13.3. The third-order valence-electron chi connectivity index (χ3n) is 4.66. The van der Waals surface area contributed by atoms with Gasteiger partial charge in [-0.1, -0.05) is 50.1 Å². The van der Waals surface area contributed by atoms with E-state index >= 15 is 0 Å². The van der Waals surface area contributed by atoms with Crippen LogP contribution < -0.4 is 11.1 Å². The van der Waals surface area contributed by atoms with E-state index in [1.54, 1.807) is 31.2 Å². The van der Waals surface area contributed by atoms with Gasteiger partial charge < -0.3 is 11.1 Å². The summed E-state index contributed by atoms with van der Waals surface area (Å²) < 4.78 is 39.8. The summed E-state index contributed by atoms with van der Waals surface area (Å²) in [6, 6.07) is 6.53. The second-order valence-corrected chi connectivity index (χ2v) is 6.30. The van der Waals surface area contributed by atoms with E-state index in [0.29, 0.717) is 12.8 Å². The Balaban J connectivity index is 0.00000288. The third kappa shape index (κ3) is 5.11. The molecule has 136 valence electrons. The predicted molar refractivity (Wildman–Crippen MR) is 89.7 cm³/mol. The van der Waals surface area contributed by atoms with E-state index in [0.717, 1.165) is 18.4 Å². The number of hydrogen-bond donors (Lipinski definition) is 2. The first-order chi connectivity index (χ1) is 10.8. The van der Waals surface area contributed by atoms with Crippen molar-refractivity contribution in [1.29, 1.82) is 0 Å². The smallest absolute Gasteiger partial charge is 0.344 e. The zero-order valence-corrected chi connectivity index (χ0v) is 14.4. The number of nitrogens with one attached hydrogen (secondary N) is 1. The van der Waals surface area contributed by atoms with Gasteiger partial charge in [-0.2, -0.15) is 13.2 Å². The average molecular weight is 365 g/mol. The predicted octanol–water partition coefficient (Wildman–Crippen LogP) is 3.98. The molecule has 3 atom stereocenters. The third-order valence-corrected chi connectivity index (χ3v) is 4.66. The molecule has 2 rings (SSSR count). The van der Waals surface area contributed by atoms with Crippen molar-refractivity contribution in [3.8, 4) is 0 Å². The highest BCUT2D eigenvalue weighted by molar-refractivity contribution is 5.85. The van der Waals surface area contributed by atoms with Crippen LogP contribution in [0.5, 0.6) is 0 Å². The molecule has 3 unspecified atom stereocenters. The molecule has 1 saturated carbocycles. The fraction of sp³-hybridized carbons (Fsp3) is 0.588. The number of carbonyl (C=O) groups excluding carboxylic acids is 1. The number of benzene rings is 1. The number of nitrogens with two attached hydrogens (primary N) is 1. The van der Waals surface area contributed by atoms with E-state index < -0.39 is 36.0 Å². The van der Waals surface area contributed by atoms with Crippen LogP contribution in [0.25, 0.3) is 0 Å². The van der Waals surface area contributed by atoms with Gasteiger partial charge in [0.05, 0.1) is 5.92 Å². The summed E-state index contributed by atoms with van der Waals surface area (Å²) in [5, 5.41) is 2.21. The Hall–Kier alpha value is -1.27. The van der Waals surface area contributed by atoms with Gasteiger partial charge >= 0.3 is 6.18 Å². The number of carbonyl (C=O) groups is 1. The van der Waals surface area contributed by atoms with Crippen LogP contribution in [-0.4, -0.2) is 18.1 Å². The SMILES string of the molecule is CC(C(=O)NC(C1CCCC1)C(F)(F)F)C(N)c1ccccc1.Cl. The lowest BCUT2D eigenvalue weighted by molar-refractivity contribution is -0.173. The number of rotatable bonds is 5. The second kappa shape index (κ2) is 8.72. The van der Waals surface area contributed by atoms with Crippen molar-refractivity contribution in [2.45, 2.75) is 50.9 Å². The minimum Gasteiger partial charge on any atom is -0.344 e. The van der Waals surface area contributed by atoms with Gasteiger partial charge in [0.25, 0.3) is 0 Å². The lowest BCUT2D eigenvalue weighted by Gasteiger charge is -2.29. The average Bonchev–Trinajstić information content (AvgIpc) is 3.04. The zero-order valence-electron chi connectivity index (χ0n) is 13.6. The lowest BCUT2D eigenvalue weighted by atomic mass is 9.92. The van der Waals surface area contributed by atoms with Crippen LogP contribution in [0.15, 0.2) is 30.3 Å². The van der Waals surface area contributed by atoms with E-state index in [4.69, 9.17) is 5.73 Å². The number of hydrogen-bond acceptors (Lipinski definition) is 2. The van der Waals surface area contributed by atoms with Crippen molar-refractivity contribution in [3.05, 3.63) is 35.9 Å². The summed E-state index contributed by atoms with van der Waals surface area (Å²) in [6.07, 6.45) is -1.85. The van der Waals surface area contributed by atoms with E-state index in [2.05, 4.69) is 5.32 Å². The van der Waals surface area contributed by atoms with Gasteiger partial charge in [0.1, 0.15) is 6.04 Å². The molecule has 0 aliphatic heterocycles. The normalized spacial score (nSPS) is 19.2. The molecule has 1 amide bonds. The standard InChI is InChI=1S/C17H23F3N2O.ClH/c1-11(14(21)12-7-3-2-4-8-12)16(23)22-15(17(18,19)20)13-9-5-6-10-13;/h2-4,7-8,11,13-15H,5-6,9-10,21H2,1H3,(H,22,23);1H. The summed E-state index contributed by atoms with van der Waals surface area (Å²) in [5.74, 6) is -1.90. The monoisotopic (exact) mass is 364 g/mol. The van der Waals surface area contributed by atoms with Crippen LogP contribution in [0.2, 0.25) is 0 Å². The van der Waals surface area contributed by atoms with Crippen molar-refractivity contribution in [2.24, 2.45) is 17.6 Å². The first kappa shape index (κ1) is 20.8. The van der Waals surface area contributed by atoms with Gasteiger partial charge in [0, 0.05) is 6.04 Å². The van der Waals surface area contributed by atoms with Crippen LogP contribution in [-0.2, 0) is 4.79 Å². The minimum atomic E-state index is -4.43. The molecule has 1 aromatic rings. The van der Waals surface area contributed by atoms with E-state index in [9.17, 15) is 18.0 Å². The number of alkyl halides is 3. The molecule has 0 bridgehead atoms. The highest BCUT2D eigenvalue weighted by Gasteiger charge is 2.46. The molecule has 3 nitrogen and oxygen atoms in total. The second-order valence-electron chi connectivity index (χ2n) is 6.30. The number of amides is 1. The maximum absolute atomic E-state index is 13.3. The molecule has 0 spiro atoms. The molecule has 0 aromatic heterocycles. The van der Waals surface area contributed by atoms with Crippen molar-refractivity contribution in [2.75, 3.05) is 0 Å². The fourth-order valence-corrected chi connectivity index (χ4v) is 3.17. The maximum Gasteiger partial charge on any atom is 0.408 e. The van der Waals surface area contributed by atoms with Crippen molar-refractivity contribution in [3.63, 3.8) is 0 Å². The molecule has 7 heteroatoms. The van der Waals surface area contributed by atoms with Crippen molar-refractivity contribution in [1.82, 2.24) is 5.32 Å².